The van der Waals surface area contributed by atoms with Gasteiger partial charge in [0.1, 0.15) is 0 Å². The van der Waals surface area contributed by atoms with E-state index in [4.69, 9.17) is 4.74 Å². The summed E-state index contributed by atoms with van der Waals surface area (Å²) in [5.41, 5.74) is -0.517. The zero-order valence-corrected chi connectivity index (χ0v) is 24.3. The van der Waals surface area contributed by atoms with Gasteiger partial charge in [0.25, 0.3) is 0 Å². The van der Waals surface area contributed by atoms with Crippen LogP contribution in [-0.4, -0.2) is 34.3 Å². The summed E-state index contributed by atoms with van der Waals surface area (Å²) in [5.74, 6) is 0.171. The molecule has 0 aromatic carbocycles. The van der Waals surface area contributed by atoms with Gasteiger partial charge in [-0.3, -0.25) is 14.4 Å². The Labute approximate surface area is 214 Å². The molecule has 0 heterocycles. The van der Waals surface area contributed by atoms with Gasteiger partial charge >= 0.3 is 5.97 Å². The van der Waals surface area contributed by atoms with Gasteiger partial charge in [0.05, 0.1) is 6.10 Å². The lowest BCUT2D eigenvalue weighted by molar-refractivity contribution is -0.192. The van der Waals surface area contributed by atoms with E-state index in [1.54, 1.807) is 6.08 Å². The topological polar surface area (TPSA) is 80.7 Å². The van der Waals surface area contributed by atoms with Crippen molar-refractivity contribution in [1.29, 1.82) is 0 Å². The van der Waals surface area contributed by atoms with Gasteiger partial charge in [-0.25, -0.2) is 0 Å². The van der Waals surface area contributed by atoms with E-state index in [2.05, 4.69) is 13.8 Å². The van der Waals surface area contributed by atoms with Crippen LogP contribution in [0.3, 0.4) is 0 Å². The summed E-state index contributed by atoms with van der Waals surface area (Å²) >= 11 is 0. The molecule has 3 saturated carbocycles. The second-order valence-electron chi connectivity index (χ2n) is 10.6. The first-order valence-electron chi connectivity index (χ1n) is 14.1. The number of ether oxygens (including phenoxy) is 1. The van der Waals surface area contributed by atoms with Gasteiger partial charge in [-0.2, -0.15) is 0 Å². The third kappa shape index (κ3) is 5.04. The highest BCUT2D eigenvalue weighted by molar-refractivity contribution is 5.93. The number of aliphatic hydroxyl groups is 1. The molecule has 5 heteroatoms. The number of aliphatic hydroxyl groups excluding tert-OH is 1. The Morgan fingerprint density at radius 1 is 0.971 bits per heavy atom. The first-order valence-corrected chi connectivity index (χ1v) is 14.1. The lowest BCUT2D eigenvalue weighted by Crippen LogP contribution is -2.61. The smallest absolute Gasteiger partial charge is 0.303 e. The molecule has 0 aromatic rings. The lowest BCUT2D eigenvalue weighted by atomic mass is 9.45. The summed E-state index contributed by atoms with van der Waals surface area (Å²) < 4.78 is 5.78. The SMILES string of the molecule is CC.CC.CC.CC(=O)O[C@]1(C(C)=O)CCC2C3C(O)CC4=CC(=O)C(C)C[C@]4(C)C3CCC21C. The van der Waals surface area contributed by atoms with Crippen molar-refractivity contribution >= 4 is 17.5 Å². The van der Waals surface area contributed by atoms with Crippen molar-refractivity contribution in [3.05, 3.63) is 11.6 Å². The van der Waals surface area contributed by atoms with Gasteiger partial charge in [-0.15, -0.1) is 0 Å². The normalized spacial score (nSPS) is 41.0. The predicted octanol–water partition coefficient (Wildman–Crippen LogP) is 6.70. The molecule has 0 amide bonds. The van der Waals surface area contributed by atoms with E-state index < -0.39 is 23.1 Å². The monoisotopic (exact) mass is 492 g/mol. The zero-order chi connectivity index (χ0) is 27.4. The van der Waals surface area contributed by atoms with Crippen LogP contribution in [0.15, 0.2) is 11.6 Å². The van der Waals surface area contributed by atoms with E-state index in [0.717, 1.165) is 31.3 Å². The number of ketones is 2. The highest BCUT2D eigenvalue weighted by atomic mass is 16.6. The average Bonchev–Trinajstić information content (AvgIpc) is 3.13. The van der Waals surface area contributed by atoms with E-state index in [0.29, 0.717) is 12.8 Å². The number of carbonyl (C=O) groups is 3. The molecule has 6 unspecified atom stereocenters. The van der Waals surface area contributed by atoms with Crippen LogP contribution >= 0.6 is 0 Å². The Balaban J connectivity index is 0.000000949. The fraction of sp³-hybridized carbons (Fsp3) is 0.833. The summed E-state index contributed by atoms with van der Waals surface area (Å²) in [4.78, 5) is 37.0. The van der Waals surface area contributed by atoms with Crippen LogP contribution in [0, 0.1) is 34.5 Å². The number of Topliss-reactive ketones (excluding diaryl/α,β-unsaturated/α-hetero) is 1. The minimum absolute atomic E-state index is 0.00823. The summed E-state index contributed by atoms with van der Waals surface area (Å²) in [6.45, 7) is 21.3. The fourth-order valence-electron chi connectivity index (χ4n) is 7.93. The second-order valence-corrected chi connectivity index (χ2v) is 10.6. The molecular formula is C30H52O5. The third-order valence-corrected chi connectivity index (χ3v) is 9.30. The van der Waals surface area contributed by atoms with Crippen LogP contribution in [0.5, 0.6) is 0 Å². The minimum Gasteiger partial charge on any atom is -0.451 e. The van der Waals surface area contributed by atoms with Gasteiger partial charge < -0.3 is 9.84 Å². The molecule has 0 spiro atoms. The van der Waals surface area contributed by atoms with Gasteiger partial charge in [-0.05, 0) is 74.7 Å². The molecule has 4 aliphatic rings. The molecule has 4 aliphatic carbocycles. The average molecular weight is 493 g/mol. The molecule has 4 rings (SSSR count). The largest absolute Gasteiger partial charge is 0.451 e. The van der Waals surface area contributed by atoms with Crippen molar-refractivity contribution in [2.45, 2.75) is 126 Å². The Hall–Kier alpha value is -1.49. The number of rotatable bonds is 2. The highest BCUT2D eigenvalue weighted by Crippen LogP contribution is 2.68. The number of hydrogen-bond donors (Lipinski definition) is 1. The van der Waals surface area contributed by atoms with Crippen molar-refractivity contribution in [1.82, 2.24) is 0 Å². The third-order valence-electron chi connectivity index (χ3n) is 9.30. The summed E-state index contributed by atoms with van der Waals surface area (Å²) in [7, 11) is 0. The van der Waals surface area contributed by atoms with E-state index in [1.807, 2.05) is 48.5 Å². The van der Waals surface area contributed by atoms with Crippen molar-refractivity contribution in [3.8, 4) is 0 Å². The molecule has 0 aliphatic heterocycles. The lowest BCUT2D eigenvalue weighted by Gasteiger charge is -2.60. The fourth-order valence-corrected chi connectivity index (χ4v) is 7.93. The molecular weight excluding hydrogens is 440 g/mol. The van der Waals surface area contributed by atoms with Crippen LogP contribution < -0.4 is 0 Å². The number of fused-ring (bicyclic) bond motifs is 5. The van der Waals surface area contributed by atoms with Crippen LogP contribution in [0.25, 0.3) is 0 Å². The molecule has 35 heavy (non-hydrogen) atoms. The predicted molar refractivity (Wildman–Crippen MR) is 142 cm³/mol. The Morgan fingerprint density at radius 3 is 2.03 bits per heavy atom. The van der Waals surface area contributed by atoms with Crippen LogP contribution in [0.4, 0.5) is 0 Å². The van der Waals surface area contributed by atoms with E-state index in [-0.39, 0.29) is 40.7 Å². The maximum atomic E-state index is 12.8. The maximum Gasteiger partial charge on any atom is 0.303 e. The first kappa shape index (κ1) is 31.5. The van der Waals surface area contributed by atoms with Crippen molar-refractivity contribution in [3.63, 3.8) is 0 Å². The number of carbonyl (C=O) groups excluding carboxylic acids is 3. The van der Waals surface area contributed by atoms with Crippen molar-refractivity contribution < 1.29 is 24.2 Å². The van der Waals surface area contributed by atoms with Gasteiger partial charge in [0.15, 0.2) is 17.2 Å². The quantitative estimate of drug-likeness (QED) is 0.434. The first-order chi connectivity index (χ1) is 16.5. The summed E-state index contributed by atoms with van der Waals surface area (Å²) in [5, 5.41) is 11.2. The molecule has 0 saturated heterocycles. The Kier molecular flexibility index (Phi) is 11.0. The molecule has 3 fully saturated rings. The standard InChI is InChI=1S/C24H34O5.3C2H6/c1-13-12-22(4)16(10-19(13)27)11-20(28)21-17(22)6-8-23(5)18(21)7-9-24(23,14(2)25)29-15(3)26;3*1-2/h10,13,17-18,20-21,28H,6-9,11-12H2,1-5H3;3*1-2H3/t13?,17?,18?,20?,21?,22-,23?,24-;;;/m0.../s1. The highest BCUT2D eigenvalue weighted by Gasteiger charge is 2.69. The zero-order valence-electron chi connectivity index (χ0n) is 24.3. The Bertz CT molecular complexity index is 801. The van der Waals surface area contributed by atoms with Gasteiger partial charge in [0.2, 0.25) is 0 Å². The van der Waals surface area contributed by atoms with Crippen LogP contribution in [0.2, 0.25) is 0 Å². The molecule has 0 bridgehead atoms. The van der Waals surface area contributed by atoms with E-state index in [9.17, 15) is 19.5 Å². The second kappa shape index (κ2) is 12.2. The Morgan fingerprint density at radius 2 is 1.51 bits per heavy atom. The number of esters is 1. The van der Waals surface area contributed by atoms with Gasteiger partial charge in [0, 0.05) is 18.3 Å². The van der Waals surface area contributed by atoms with E-state index in [1.165, 1.54) is 13.8 Å². The number of hydrogen-bond acceptors (Lipinski definition) is 5. The van der Waals surface area contributed by atoms with E-state index >= 15 is 0 Å². The molecule has 0 radical (unpaired) electrons. The molecule has 1 N–H and O–H groups in total. The summed E-state index contributed by atoms with van der Waals surface area (Å²) in [6.07, 6.45) is 5.63. The van der Waals surface area contributed by atoms with Crippen molar-refractivity contribution in [2.75, 3.05) is 0 Å². The van der Waals surface area contributed by atoms with Crippen LogP contribution in [-0.2, 0) is 19.1 Å². The molecule has 0 aromatic heterocycles. The maximum absolute atomic E-state index is 12.8. The van der Waals surface area contributed by atoms with Gasteiger partial charge in [-0.1, -0.05) is 67.9 Å². The minimum atomic E-state index is -1.08. The summed E-state index contributed by atoms with van der Waals surface area (Å²) in [6, 6.07) is 0. The van der Waals surface area contributed by atoms with Crippen LogP contribution in [0.1, 0.15) is 115 Å². The van der Waals surface area contributed by atoms with Crippen molar-refractivity contribution in [2.24, 2.45) is 34.5 Å². The molecule has 5 nitrogen and oxygen atoms in total. The molecule has 8 atom stereocenters. The molecule has 202 valence electrons.